The van der Waals surface area contributed by atoms with Gasteiger partial charge in [-0.15, -0.1) is 0 Å². The molecule has 0 radical (unpaired) electrons. The van der Waals surface area contributed by atoms with Crippen LogP contribution < -0.4 is 4.74 Å². The molecule has 2 heterocycles. The van der Waals surface area contributed by atoms with Crippen LogP contribution in [-0.4, -0.2) is 9.97 Å². The van der Waals surface area contributed by atoms with E-state index >= 15 is 0 Å². The highest BCUT2D eigenvalue weighted by atomic mass is 16.5. The van der Waals surface area contributed by atoms with Gasteiger partial charge in [-0.25, -0.2) is 9.97 Å². The molecule has 0 N–H and O–H groups in total. The third-order valence-corrected chi connectivity index (χ3v) is 4.23. The zero-order valence-corrected chi connectivity index (χ0v) is 15.3. The van der Waals surface area contributed by atoms with Gasteiger partial charge >= 0.3 is 0 Å². The molecule has 27 heavy (non-hydrogen) atoms. The lowest BCUT2D eigenvalue weighted by Gasteiger charge is -2.07. The highest BCUT2D eigenvalue weighted by Gasteiger charge is 2.09. The molecule has 136 valence electrons. The fraction of sp³-hybridized carbons (Fsp3) is 0.182. The first-order chi connectivity index (χ1) is 13.2. The van der Waals surface area contributed by atoms with Gasteiger partial charge in [-0.3, -0.25) is 0 Å². The Kier molecular flexibility index (Phi) is 4.75. The maximum atomic E-state index is 6.03. The van der Waals surface area contributed by atoms with E-state index in [1.807, 2.05) is 62.4 Å². The van der Waals surface area contributed by atoms with Gasteiger partial charge in [0.15, 0.2) is 0 Å². The molecule has 0 amide bonds. The molecule has 5 nitrogen and oxygen atoms in total. The molecule has 0 atom stereocenters. The third-order valence-electron chi connectivity index (χ3n) is 4.23. The van der Waals surface area contributed by atoms with Crippen LogP contribution in [0.2, 0.25) is 0 Å². The van der Waals surface area contributed by atoms with Crippen molar-refractivity contribution in [3.05, 3.63) is 72.4 Å². The summed E-state index contributed by atoms with van der Waals surface area (Å²) < 4.78 is 17.1. The summed E-state index contributed by atoms with van der Waals surface area (Å²) in [5.74, 6) is 2.61. The Labute approximate surface area is 157 Å². The van der Waals surface area contributed by atoms with Crippen LogP contribution in [0.5, 0.6) is 11.5 Å². The fourth-order valence-corrected chi connectivity index (χ4v) is 2.73. The molecule has 0 bridgehead atoms. The third kappa shape index (κ3) is 3.77. The molecule has 0 spiro atoms. The van der Waals surface area contributed by atoms with Gasteiger partial charge in [-0.05, 0) is 49.2 Å². The van der Waals surface area contributed by atoms with Crippen molar-refractivity contribution < 1.29 is 13.6 Å². The van der Waals surface area contributed by atoms with Gasteiger partial charge in [-0.1, -0.05) is 26.0 Å². The van der Waals surface area contributed by atoms with E-state index in [1.165, 1.54) is 0 Å². The number of ether oxygens (including phenoxy) is 1. The van der Waals surface area contributed by atoms with Gasteiger partial charge in [0.1, 0.15) is 24.0 Å². The summed E-state index contributed by atoms with van der Waals surface area (Å²) in [6.07, 6.45) is 5.06. The van der Waals surface area contributed by atoms with Crippen LogP contribution in [0, 0.1) is 0 Å². The summed E-state index contributed by atoms with van der Waals surface area (Å²) in [6, 6.07) is 15.4. The van der Waals surface area contributed by atoms with E-state index in [4.69, 9.17) is 13.6 Å². The number of aromatic nitrogens is 2. The monoisotopic (exact) mass is 360 g/mol. The largest absolute Gasteiger partial charge is 0.457 e. The van der Waals surface area contributed by atoms with Crippen molar-refractivity contribution in [3.63, 3.8) is 0 Å². The molecule has 0 unspecified atom stereocenters. The van der Waals surface area contributed by atoms with Crippen LogP contribution in [-0.2, 0) is 12.8 Å². The number of nitrogens with zero attached hydrogens (tertiary/aromatic N) is 2. The van der Waals surface area contributed by atoms with Crippen molar-refractivity contribution in [2.75, 3.05) is 0 Å². The van der Waals surface area contributed by atoms with E-state index in [0.29, 0.717) is 23.3 Å². The maximum absolute atomic E-state index is 6.03. The molecule has 0 saturated carbocycles. The van der Waals surface area contributed by atoms with Crippen molar-refractivity contribution in [3.8, 4) is 34.4 Å². The van der Waals surface area contributed by atoms with Gasteiger partial charge in [0, 0.05) is 11.1 Å². The molecular formula is C22H20N2O3. The summed E-state index contributed by atoms with van der Waals surface area (Å²) >= 11 is 0. The second-order valence-corrected chi connectivity index (χ2v) is 6.15. The highest BCUT2D eigenvalue weighted by Crippen LogP contribution is 2.29. The van der Waals surface area contributed by atoms with Gasteiger partial charge in [-0.2, -0.15) is 0 Å². The molecule has 0 aliphatic heterocycles. The second kappa shape index (κ2) is 7.50. The van der Waals surface area contributed by atoms with Crippen LogP contribution in [0.25, 0.3) is 22.9 Å². The van der Waals surface area contributed by atoms with E-state index < -0.39 is 0 Å². The van der Waals surface area contributed by atoms with Crippen LogP contribution >= 0.6 is 0 Å². The molecule has 2 aromatic carbocycles. The van der Waals surface area contributed by atoms with Crippen molar-refractivity contribution >= 4 is 0 Å². The SMILES string of the molecule is CCc1coc(-c2cccc(Oc3cccc(-c4nc(CC)co4)c3)c2)n1. The van der Waals surface area contributed by atoms with Crippen molar-refractivity contribution in [2.45, 2.75) is 26.7 Å². The highest BCUT2D eigenvalue weighted by molar-refractivity contribution is 5.58. The van der Waals surface area contributed by atoms with Gasteiger partial charge in [0.05, 0.1) is 11.4 Å². The number of oxazole rings is 2. The van der Waals surface area contributed by atoms with E-state index in [2.05, 4.69) is 9.97 Å². The summed E-state index contributed by atoms with van der Waals surface area (Å²) in [5.41, 5.74) is 3.62. The first-order valence-electron chi connectivity index (χ1n) is 9.02. The Morgan fingerprint density at radius 3 is 1.63 bits per heavy atom. The molecule has 5 heteroatoms. The molecule has 4 rings (SSSR count). The predicted octanol–water partition coefficient (Wildman–Crippen LogP) is 5.91. The molecule has 0 aliphatic rings. The maximum Gasteiger partial charge on any atom is 0.226 e. The summed E-state index contributed by atoms with van der Waals surface area (Å²) in [5, 5.41) is 0. The smallest absolute Gasteiger partial charge is 0.226 e. The molecule has 2 aromatic heterocycles. The van der Waals surface area contributed by atoms with Crippen molar-refractivity contribution in [1.29, 1.82) is 0 Å². The Morgan fingerprint density at radius 1 is 0.741 bits per heavy atom. The quantitative estimate of drug-likeness (QED) is 0.427. The van der Waals surface area contributed by atoms with Gasteiger partial charge in [0.2, 0.25) is 11.8 Å². The minimum Gasteiger partial charge on any atom is -0.457 e. The number of hydrogen-bond donors (Lipinski definition) is 0. The molecule has 0 fully saturated rings. The molecule has 0 saturated heterocycles. The normalized spacial score (nSPS) is 10.9. The van der Waals surface area contributed by atoms with Crippen molar-refractivity contribution in [2.24, 2.45) is 0 Å². The molecular weight excluding hydrogens is 340 g/mol. The Hall–Kier alpha value is -3.34. The number of benzene rings is 2. The average Bonchev–Trinajstić information content (AvgIpc) is 3.38. The van der Waals surface area contributed by atoms with Crippen LogP contribution in [0.1, 0.15) is 25.2 Å². The molecule has 0 aliphatic carbocycles. The van der Waals surface area contributed by atoms with E-state index in [1.54, 1.807) is 12.5 Å². The Morgan fingerprint density at radius 2 is 1.22 bits per heavy atom. The minimum absolute atomic E-state index is 0.595. The molecule has 4 aromatic rings. The van der Waals surface area contributed by atoms with Crippen LogP contribution in [0.4, 0.5) is 0 Å². The lowest BCUT2D eigenvalue weighted by atomic mass is 10.2. The Bertz CT molecular complexity index is 965. The van der Waals surface area contributed by atoms with E-state index in [0.717, 1.165) is 35.4 Å². The zero-order valence-electron chi connectivity index (χ0n) is 15.3. The first-order valence-corrected chi connectivity index (χ1v) is 9.02. The number of rotatable bonds is 6. The van der Waals surface area contributed by atoms with E-state index in [-0.39, 0.29) is 0 Å². The van der Waals surface area contributed by atoms with Crippen molar-refractivity contribution in [1.82, 2.24) is 9.97 Å². The number of aryl methyl sites for hydroxylation is 2. The second-order valence-electron chi connectivity index (χ2n) is 6.15. The lowest BCUT2D eigenvalue weighted by Crippen LogP contribution is -1.87. The Balaban J connectivity index is 1.57. The van der Waals surface area contributed by atoms with Gasteiger partial charge < -0.3 is 13.6 Å². The fourth-order valence-electron chi connectivity index (χ4n) is 2.73. The first kappa shape index (κ1) is 17.1. The lowest BCUT2D eigenvalue weighted by molar-refractivity contribution is 0.482. The van der Waals surface area contributed by atoms with Crippen LogP contribution in [0.3, 0.4) is 0 Å². The summed E-state index contributed by atoms with van der Waals surface area (Å²) in [6.45, 7) is 4.09. The topological polar surface area (TPSA) is 61.3 Å². The minimum atomic E-state index is 0.595. The van der Waals surface area contributed by atoms with E-state index in [9.17, 15) is 0 Å². The predicted molar refractivity (Wildman–Crippen MR) is 103 cm³/mol. The zero-order chi connectivity index (χ0) is 18.6. The summed E-state index contributed by atoms with van der Waals surface area (Å²) in [4.78, 5) is 8.94. The standard InChI is InChI=1S/C22H20N2O3/c1-3-17-13-25-21(23-17)15-7-5-9-19(11-15)27-20-10-6-8-16(12-20)22-24-18(4-2)14-26-22/h5-14H,3-4H2,1-2H3. The van der Waals surface area contributed by atoms with Gasteiger partial charge in [0.25, 0.3) is 0 Å². The average molecular weight is 360 g/mol. The number of hydrogen-bond acceptors (Lipinski definition) is 5. The van der Waals surface area contributed by atoms with Crippen LogP contribution in [0.15, 0.2) is 69.9 Å². The summed E-state index contributed by atoms with van der Waals surface area (Å²) in [7, 11) is 0.